The fourth-order valence-electron chi connectivity index (χ4n) is 0.583. The van der Waals surface area contributed by atoms with Crippen molar-refractivity contribution in [2.75, 3.05) is 12.3 Å². The first-order chi connectivity index (χ1) is 4.22. The maximum atomic E-state index is 10.7. The van der Waals surface area contributed by atoms with E-state index in [1.807, 2.05) is 6.92 Å². The van der Waals surface area contributed by atoms with Gasteiger partial charge in [-0.1, -0.05) is 6.92 Å². The fourth-order valence-corrected chi connectivity index (χ4v) is 0.969. The standard InChI is InChI=1S/C6H13NOS/c1-3-7-6(4-9)5(2)8/h6-7,9H,3-4H2,1-2H3/t6-/m1/s1. The van der Waals surface area contributed by atoms with Crippen LogP contribution in [-0.4, -0.2) is 24.1 Å². The van der Waals surface area contributed by atoms with E-state index >= 15 is 0 Å². The Balaban J connectivity index is 3.54. The van der Waals surface area contributed by atoms with Gasteiger partial charge < -0.3 is 5.32 Å². The van der Waals surface area contributed by atoms with Gasteiger partial charge in [-0.15, -0.1) is 0 Å². The predicted molar refractivity (Wildman–Crippen MR) is 42.0 cm³/mol. The molecule has 0 aliphatic carbocycles. The van der Waals surface area contributed by atoms with Crippen LogP contribution in [0.1, 0.15) is 13.8 Å². The highest BCUT2D eigenvalue weighted by Crippen LogP contribution is 1.87. The van der Waals surface area contributed by atoms with Crippen molar-refractivity contribution >= 4 is 18.4 Å². The van der Waals surface area contributed by atoms with Gasteiger partial charge in [0.1, 0.15) is 5.78 Å². The van der Waals surface area contributed by atoms with Crippen LogP contribution in [0.2, 0.25) is 0 Å². The Morgan fingerprint density at radius 3 is 2.44 bits per heavy atom. The van der Waals surface area contributed by atoms with Crippen molar-refractivity contribution < 1.29 is 4.79 Å². The summed E-state index contributed by atoms with van der Waals surface area (Å²) in [7, 11) is 0. The lowest BCUT2D eigenvalue weighted by Crippen LogP contribution is -2.36. The Morgan fingerprint density at radius 2 is 2.33 bits per heavy atom. The summed E-state index contributed by atoms with van der Waals surface area (Å²) in [5, 5.41) is 3.01. The summed E-state index contributed by atoms with van der Waals surface area (Å²) in [6.07, 6.45) is 0. The minimum absolute atomic E-state index is 0.0571. The lowest BCUT2D eigenvalue weighted by atomic mass is 10.2. The van der Waals surface area contributed by atoms with Crippen LogP contribution in [0.4, 0.5) is 0 Å². The molecule has 0 aromatic rings. The SMILES string of the molecule is CCN[C@H](CS)C(C)=O. The Kier molecular flexibility index (Phi) is 4.81. The van der Waals surface area contributed by atoms with Crippen LogP contribution >= 0.6 is 12.6 Å². The van der Waals surface area contributed by atoms with Gasteiger partial charge in [-0.25, -0.2) is 0 Å². The van der Waals surface area contributed by atoms with Crippen LogP contribution in [0.25, 0.3) is 0 Å². The van der Waals surface area contributed by atoms with Crippen LogP contribution in [0, 0.1) is 0 Å². The number of carbonyl (C=O) groups is 1. The first-order valence-corrected chi connectivity index (χ1v) is 3.70. The molecule has 0 amide bonds. The molecule has 0 bridgehead atoms. The van der Waals surface area contributed by atoms with Gasteiger partial charge in [0.05, 0.1) is 6.04 Å². The van der Waals surface area contributed by atoms with E-state index in [1.54, 1.807) is 6.92 Å². The van der Waals surface area contributed by atoms with E-state index in [2.05, 4.69) is 17.9 Å². The zero-order chi connectivity index (χ0) is 7.28. The normalized spacial score (nSPS) is 13.2. The Morgan fingerprint density at radius 1 is 1.78 bits per heavy atom. The largest absolute Gasteiger partial charge is 0.307 e. The lowest BCUT2D eigenvalue weighted by molar-refractivity contribution is -0.118. The van der Waals surface area contributed by atoms with E-state index in [4.69, 9.17) is 0 Å². The van der Waals surface area contributed by atoms with E-state index in [0.29, 0.717) is 5.75 Å². The summed E-state index contributed by atoms with van der Waals surface area (Å²) in [6.45, 7) is 4.37. The Hall–Kier alpha value is -0.0200. The van der Waals surface area contributed by atoms with Crippen molar-refractivity contribution in [2.45, 2.75) is 19.9 Å². The molecule has 3 heteroatoms. The number of carbonyl (C=O) groups excluding carboxylic acids is 1. The highest BCUT2D eigenvalue weighted by atomic mass is 32.1. The van der Waals surface area contributed by atoms with Crippen molar-refractivity contribution in [2.24, 2.45) is 0 Å². The van der Waals surface area contributed by atoms with E-state index < -0.39 is 0 Å². The van der Waals surface area contributed by atoms with Gasteiger partial charge in [-0.05, 0) is 13.5 Å². The molecule has 2 nitrogen and oxygen atoms in total. The highest BCUT2D eigenvalue weighted by Gasteiger charge is 2.08. The molecule has 0 rings (SSSR count). The second kappa shape index (κ2) is 4.82. The number of likely N-dealkylation sites (N-methyl/N-ethyl adjacent to an activating group) is 1. The molecular weight excluding hydrogens is 134 g/mol. The van der Waals surface area contributed by atoms with E-state index in [-0.39, 0.29) is 11.8 Å². The van der Waals surface area contributed by atoms with Crippen molar-refractivity contribution in [3.05, 3.63) is 0 Å². The molecule has 1 N–H and O–H groups in total. The topological polar surface area (TPSA) is 29.1 Å². The average molecular weight is 147 g/mol. The van der Waals surface area contributed by atoms with E-state index in [0.717, 1.165) is 6.54 Å². The quantitative estimate of drug-likeness (QED) is 0.566. The van der Waals surface area contributed by atoms with Crippen LogP contribution in [-0.2, 0) is 4.79 Å². The third-order valence-corrected chi connectivity index (χ3v) is 1.49. The second-order valence-electron chi connectivity index (χ2n) is 1.90. The Labute approximate surface area is 61.4 Å². The zero-order valence-corrected chi connectivity index (χ0v) is 6.74. The molecule has 0 spiro atoms. The van der Waals surface area contributed by atoms with Crippen LogP contribution in [0.15, 0.2) is 0 Å². The van der Waals surface area contributed by atoms with Gasteiger partial charge in [-0.2, -0.15) is 12.6 Å². The predicted octanol–water partition coefficient (Wildman–Crippen LogP) is 0.483. The minimum atomic E-state index is -0.0571. The maximum Gasteiger partial charge on any atom is 0.147 e. The molecular formula is C6H13NOS. The van der Waals surface area contributed by atoms with Crippen molar-refractivity contribution in [1.29, 1.82) is 0 Å². The molecule has 9 heavy (non-hydrogen) atoms. The average Bonchev–Trinajstić information content (AvgIpc) is 1.82. The summed E-state index contributed by atoms with van der Waals surface area (Å²) in [6, 6.07) is -0.0571. The molecule has 1 atom stereocenters. The van der Waals surface area contributed by atoms with Crippen LogP contribution in [0.3, 0.4) is 0 Å². The molecule has 0 fully saturated rings. The van der Waals surface area contributed by atoms with E-state index in [1.165, 1.54) is 0 Å². The molecule has 0 saturated heterocycles. The summed E-state index contributed by atoms with van der Waals surface area (Å²) in [4.78, 5) is 10.7. The van der Waals surface area contributed by atoms with Crippen molar-refractivity contribution in [3.8, 4) is 0 Å². The van der Waals surface area contributed by atoms with Gasteiger partial charge in [0.15, 0.2) is 0 Å². The zero-order valence-electron chi connectivity index (χ0n) is 5.85. The van der Waals surface area contributed by atoms with Crippen molar-refractivity contribution in [1.82, 2.24) is 5.32 Å². The number of nitrogens with one attached hydrogen (secondary N) is 1. The highest BCUT2D eigenvalue weighted by molar-refractivity contribution is 7.80. The third kappa shape index (κ3) is 3.54. The molecule has 0 saturated carbocycles. The number of hydrogen-bond acceptors (Lipinski definition) is 3. The van der Waals surface area contributed by atoms with Gasteiger partial charge >= 0.3 is 0 Å². The number of thiol groups is 1. The van der Waals surface area contributed by atoms with Crippen LogP contribution in [0.5, 0.6) is 0 Å². The fraction of sp³-hybridized carbons (Fsp3) is 0.833. The summed E-state index contributed by atoms with van der Waals surface area (Å²) in [5.74, 6) is 0.746. The minimum Gasteiger partial charge on any atom is -0.307 e. The van der Waals surface area contributed by atoms with Crippen molar-refractivity contribution in [3.63, 3.8) is 0 Å². The summed E-state index contributed by atoms with van der Waals surface area (Å²) >= 11 is 4.01. The van der Waals surface area contributed by atoms with E-state index in [9.17, 15) is 4.79 Å². The molecule has 0 heterocycles. The summed E-state index contributed by atoms with van der Waals surface area (Å²) in [5.41, 5.74) is 0. The molecule has 0 aliphatic heterocycles. The van der Waals surface area contributed by atoms with Gasteiger partial charge in [0.25, 0.3) is 0 Å². The molecule has 0 aliphatic rings. The number of Topliss-reactive ketones (excluding diaryl/α,β-unsaturated/α-hetero) is 1. The second-order valence-corrected chi connectivity index (χ2v) is 2.27. The first kappa shape index (κ1) is 8.98. The number of rotatable bonds is 4. The third-order valence-electron chi connectivity index (χ3n) is 1.12. The Bertz CT molecular complexity index is 95.1. The maximum absolute atomic E-state index is 10.7. The molecule has 54 valence electrons. The van der Waals surface area contributed by atoms with Gasteiger partial charge in [0, 0.05) is 5.75 Å². The number of ketones is 1. The first-order valence-electron chi connectivity index (χ1n) is 3.07. The van der Waals surface area contributed by atoms with Gasteiger partial charge in [-0.3, -0.25) is 4.79 Å². The smallest absolute Gasteiger partial charge is 0.147 e. The molecule has 0 radical (unpaired) electrons. The molecule has 0 aromatic heterocycles. The van der Waals surface area contributed by atoms with Gasteiger partial charge in [0.2, 0.25) is 0 Å². The summed E-state index contributed by atoms with van der Waals surface area (Å²) < 4.78 is 0. The lowest BCUT2D eigenvalue weighted by Gasteiger charge is -2.09. The molecule has 0 unspecified atom stereocenters. The monoisotopic (exact) mass is 147 g/mol. The number of hydrogen-bond donors (Lipinski definition) is 2. The van der Waals surface area contributed by atoms with Crippen LogP contribution < -0.4 is 5.32 Å². The molecule has 0 aromatic carbocycles.